The van der Waals surface area contributed by atoms with Crippen molar-refractivity contribution in [2.75, 3.05) is 20.1 Å². The number of thiazole rings is 1. The van der Waals surface area contributed by atoms with E-state index in [1.165, 1.54) is 10.5 Å². The minimum Gasteiger partial charge on any atom is -0.356 e. The zero-order valence-electron chi connectivity index (χ0n) is 16.3. The molecule has 0 aliphatic heterocycles. The van der Waals surface area contributed by atoms with Crippen LogP contribution in [0.25, 0.3) is 11.0 Å². The van der Waals surface area contributed by atoms with Crippen molar-refractivity contribution in [1.82, 2.24) is 25.2 Å². The standard InChI is InChI=1S/C20H28N6S/c1-4-19-25-16(14-27-19)10-12-23-20(21-3)22-11-7-13-26-15(2)24-17-8-5-6-9-18(17)26/h5-6,8-9,14H,4,7,10-13H2,1-3H3,(H2,21,22,23). The lowest BCUT2D eigenvalue weighted by Crippen LogP contribution is -2.39. The van der Waals surface area contributed by atoms with Crippen LogP contribution in [-0.4, -0.2) is 40.6 Å². The van der Waals surface area contributed by atoms with Gasteiger partial charge in [0.2, 0.25) is 0 Å². The minimum atomic E-state index is 0.831. The first-order valence-electron chi connectivity index (χ1n) is 9.51. The summed E-state index contributed by atoms with van der Waals surface area (Å²) in [6, 6.07) is 8.29. The number of guanidine groups is 1. The van der Waals surface area contributed by atoms with E-state index in [1.807, 2.05) is 6.07 Å². The quantitative estimate of drug-likeness (QED) is 0.356. The third kappa shape index (κ3) is 5.07. The van der Waals surface area contributed by atoms with Crippen LogP contribution in [0.15, 0.2) is 34.6 Å². The highest BCUT2D eigenvalue weighted by Crippen LogP contribution is 2.15. The van der Waals surface area contributed by atoms with Gasteiger partial charge in [0.05, 0.1) is 21.7 Å². The highest BCUT2D eigenvalue weighted by Gasteiger charge is 2.06. The Kier molecular flexibility index (Phi) is 6.81. The van der Waals surface area contributed by atoms with Crippen LogP contribution in [0.3, 0.4) is 0 Å². The van der Waals surface area contributed by atoms with Crippen LogP contribution in [0, 0.1) is 6.92 Å². The molecule has 6 nitrogen and oxygen atoms in total. The number of nitrogens with zero attached hydrogens (tertiary/aromatic N) is 4. The van der Waals surface area contributed by atoms with Crippen LogP contribution < -0.4 is 10.6 Å². The largest absolute Gasteiger partial charge is 0.356 e. The number of rotatable bonds is 8. The Morgan fingerprint density at radius 2 is 2.00 bits per heavy atom. The van der Waals surface area contributed by atoms with Gasteiger partial charge in [0.15, 0.2) is 5.96 Å². The molecular formula is C20H28N6S. The molecule has 0 radical (unpaired) electrons. The van der Waals surface area contributed by atoms with E-state index in [1.54, 1.807) is 18.4 Å². The first kappa shape index (κ1) is 19.4. The number of hydrogen-bond donors (Lipinski definition) is 2. The molecule has 0 bridgehead atoms. The SMILES string of the molecule is CCc1nc(CCNC(=NC)NCCCn2c(C)nc3ccccc32)cs1. The van der Waals surface area contributed by atoms with Crippen molar-refractivity contribution >= 4 is 28.3 Å². The summed E-state index contributed by atoms with van der Waals surface area (Å²) >= 11 is 1.74. The summed E-state index contributed by atoms with van der Waals surface area (Å²) in [5.41, 5.74) is 3.42. The first-order chi connectivity index (χ1) is 13.2. The fourth-order valence-corrected chi connectivity index (χ4v) is 3.86. The highest BCUT2D eigenvalue weighted by molar-refractivity contribution is 7.09. The third-order valence-corrected chi connectivity index (χ3v) is 5.54. The summed E-state index contributed by atoms with van der Waals surface area (Å²) in [5, 5.41) is 10.1. The normalized spacial score (nSPS) is 11.9. The summed E-state index contributed by atoms with van der Waals surface area (Å²) in [5.74, 6) is 1.90. The number of fused-ring (bicyclic) bond motifs is 1. The number of aromatic nitrogens is 3. The van der Waals surface area contributed by atoms with Crippen molar-refractivity contribution in [3.63, 3.8) is 0 Å². The predicted octanol–water partition coefficient (Wildman–Crippen LogP) is 3.16. The Bertz CT molecular complexity index is 895. The van der Waals surface area contributed by atoms with Crippen molar-refractivity contribution in [2.45, 2.75) is 39.7 Å². The van der Waals surface area contributed by atoms with Crippen molar-refractivity contribution in [3.8, 4) is 0 Å². The van der Waals surface area contributed by atoms with Gasteiger partial charge in [-0.1, -0.05) is 19.1 Å². The van der Waals surface area contributed by atoms with Gasteiger partial charge in [-0.2, -0.15) is 0 Å². The Hall–Kier alpha value is -2.41. The molecule has 3 aromatic rings. The number of nitrogens with one attached hydrogen (secondary N) is 2. The first-order valence-corrected chi connectivity index (χ1v) is 10.4. The third-order valence-electron chi connectivity index (χ3n) is 4.50. The molecule has 2 heterocycles. The molecule has 0 fully saturated rings. The van der Waals surface area contributed by atoms with E-state index < -0.39 is 0 Å². The second-order valence-electron chi connectivity index (χ2n) is 6.41. The van der Waals surface area contributed by atoms with E-state index in [0.717, 1.165) is 61.9 Å². The number of aryl methyl sites for hydroxylation is 3. The van der Waals surface area contributed by atoms with Gasteiger partial charge < -0.3 is 15.2 Å². The second-order valence-corrected chi connectivity index (χ2v) is 7.36. The van der Waals surface area contributed by atoms with Crippen molar-refractivity contribution in [2.24, 2.45) is 4.99 Å². The summed E-state index contributed by atoms with van der Waals surface area (Å²) in [6.45, 7) is 6.84. The highest BCUT2D eigenvalue weighted by atomic mass is 32.1. The zero-order valence-corrected chi connectivity index (χ0v) is 17.1. The smallest absolute Gasteiger partial charge is 0.190 e. The van der Waals surface area contributed by atoms with Crippen molar-refractivity contribution in [3.05, 3.63) is 46.2 Å². The van der Waals surface area contributed by atoms with E-state index in [9.17, 15) is 0 Å². The Balaban J connectivity index is 1.41. The molecular weight excluding hydrogens is 356 g/mol. The monoisotopic (exact) mass is 384 g/mol. The molecule has 0 amide bonds. The van der Waals surface area contributed by atoms with Gasteiger partial charge in [0.25, 0.3) is 0 Å². The Morgan fingerprint density at radius 1 is 1.19 bits per heavy atom. The molecule has 0 aliphatic rings. The molecule has 0 atom stereocenters. The number of aliphatic imine (C=N–C) groups is 1. The fraction of sp³-hybridized carbons (Fsp3) is 0.450. The van der Waals surface area contributed by atoms with Crippen LogP contribution in [0.1, 0.15) is 29.9 Å². The molecule has 0 saturated heterocycles. The Morgan fingerprint density at radius 3 is 2.78 bits per heavy atom. The van der Waals surface area contributed by atoms with E-state index in [2.05, 4.69) is 67.6 Å². The van der Waals surface area contributed by atoms with Crippen molar-refractivity contribution in [1.29, 1.82) is 0 Å². The molecule has 0 unspecified atom stereocenters. The maximum atomic E-state index is 4.62. The summed E-state index contributed by atoms with van der Waals surface area (Å²) in [4.78, 5) is 13.5. The summed E-state index contributed by atoms with van der Waals surface area (Å²) < 4.78 is 2.28. The average molecular weight is 385 g/mol. The Labute approximate surface area is 164 Å². The maximum Gasteiger partial charge on any atom is 0.190 e. The van der Waals surface area contributed by atoms with Crippen LogP contribution in [-0.2, 0) is 19.4 Å². The van der Waals surface area contributed by atoms with Gasteiger partial charge in [-0.05, 0) is 31.9 Å². The number of imidazole rings is 1. The minimum absolute atomic E-state index is 0.831. The van der Waals surface area contributed by atoms with Crippen LogP contribution in [0.4, 0.5) is 0 Å². The fourth-order valence-electron chi connectivity index (χ4n) is 3.08. The number of hydrogen-bond acceptors (Lipinski definition) is 4. The van der Waals surface area contributed by atoms with Gasteiger partial charge >= 0.3 is 0 Å². The number of benzene rings is 1. The molecule has 2 aromatic heterocycles. The maximum absolute atomic E-state index is 4.62. The zero-order chi connectivity index (χ0) is 19.1. The van der Waals surface area contributed by atoms with Gasteiger partial charge in [-0.3, -0.25) is 4.99 Å². The lowest BCUT2D eigenvalue weighted by Gasteiger charge is -2.12. The topological polar surface area (TPSA) is 67.1 Å². The molecule has 7 heteroatoms. The predicted molar refractivity (Wildman–Crippen MR) is 114 cm³/mol. The van der Waals surface area contributed by atoms with Gasteiger partial charge in [0.1, 0.15) is 5.82 Å². The average Bonchev–Trinajstić information content (AvgIpc) is 3.27. The van der Waals surface area contributed by atoms with Gasteiger partial charge in [-0.15, -0.1) is 11.3 Å². The summed E-state index contributed by atoms with van der Waals surface area (Å²) in [7, 11) is 1.81. The molecule has 2 N–H and O–H groups in total. The lowest BCUT2D eigenvalue weighted by atomic mass is 10.3. The lowest BCUT2D eigenvalue weighted by molar-refractivity contribution is 0.624. The molecule has 0 aliphatic carbocycles. The van der Waals surface area contributed by atoms with Crippen LogP contribution >= 0.6 is 11.3 Å². The van der Waals surface area contributed by atoms with Crippen LogP contribution in [0.2, 0.25) is 0 Å². The summed E-state index contributed by atoms with van der Waals surface area (Å²) in [6.07, 6.45) is 2.93. The van der Waals surface area contributed by atoms with Gasteiger partial charge in [0, 0.05) is 38.5 Å². The van der Waals surface area contributed by atoms with Gasteiger partial charge in [-0.25, -0.2) is 9.97 Å². The molecule has 144 valence electrons. The molecule has 3 rings (SSSR count). The molecule has 27 heavy (non-hydrogen) atoms. The van der Waals surface area contributed by atoms with E-state index in [-0.39, 0.29) is 0 Å². The molecule has 0 saturated carbocycles. The van der Waals surface area contributed by atoms with E-state index in [0.29, 0.717) is 0 Å². The molecule has 0 spiro atoms. The molecule has 1 aromatic carbocycles. The van der Waals surface area contributed by atoms with Crippen molar-refractivity contribution < 1.29 is 0 Å². The van der Waals surface area contributed by atoms with E-state index >= 15 is 0 Å². The van der Waals surface area contributed by atoms with E-state index in [4.69, 9.17) is 0 Å². The van der Waals surface area contributed by atoms with Crippen LogP contribution in [0.5, 0.6) is 0 Å². The number of para-hydroxylation sites is 2. The second kappa shape index (κ2) is 9.50.